The van der Waals surface area contributed by atoms with Gasteiger partial charge in [-0.2, -0.15) is 0 Å². The van der Waals surface area contributed by atoms with Gasteiger partial charge in [0.2, 0.25) is 0 Å². The smallest absolute Gasteiger partial charge is 0.282 e. The Morgan fingerprint density at radius 3 is 2.48 bits per heavy atom. The fourth-order valence-electron chi connectivity index (χ4n) is 4.89. The average molecular weight is 535 g/mol. The summed E-state index contributed by atoms with van der Waals surface area (Å²) < 4.78 is 26.8. The zero-order valence-electron chi connectivity index (χ0n) is 21.5. The van der Waals surface area contributed by atoms with E-state index in [4.69, 9.17) is 4.98 Å². The fourth-order valence-corrected chi connectivity index (χ4v) is 4.89. The third-order valence-corrected chi connectivity index (χ3v) is 6.90. The number of aromatic amines is 1. The standard InChI is InChI=1S/C30H24F2N8/c1-18-12-21(8-10-33-18)36-20-3-5-26-27(13-20)39-29(38-26)19-2-7-28(35-15-19)37-25-9-11-34-24-6-4-22(14-23(24)25)40-16-30(31,32)17-40/h2-15H,16-17H2,1H3,(H,33,36)(H,38,39)(H,34,35,37). The van der Waals surface area contributed by atoms with Crippen LogP contribution in [0.5, 0.6) is 0 Å². The zero-order chi connectivity index (χ0) is 27.3. The molecule has 8 nitrogen and oxygen atoms in total. The molecule has 5 heterocycles. The molecule has 40 heavy (non-hydrogen) atoms. The summed E-state index contributed by atoms with van der Waals surface area (Å²) in [5.74, 6) is -1.27. The molecular weight excluding hydrogens is 510 g/mol. The monoisotopic (exact) mass is 534 g/mol. The average Bonchev–Trinajstić information content (AvgIpc) is 3.36. The number of alkyl halides is 2. The Labute approximate surface area is 228 Å². The second kappa shape index (κ2) is 9.26. The highest BCUT2D eigenvalue weighted by Gasteiger charge is 2.43. The molecule has 1 aliphatic heterocycles. The Hall–Kier alpha value is -5.12. The van der Waals surface area contributed by atoms with Crippen LogP contribution in [-0.4, -0.2) is 43.9 Å². The van der Waals surface area contributed by atoms with Gasteiger partial charge in [-0.15, -0.1) is 0 Å². The highest BCUT2D eigenvalue weighted by Crippen LogP contribution is 2.35. The second-order valence-electron chi connectivity index (χ2n) is 9.96. The zero-order valence-corrected chi connectivity index (χ0v) is 21.5. The SMILES string of the molecule is Cc1cc(Nc2ccc3[nH]c(-c4ccc(Nc5ccnc6ccc(N7CC(F)(F)C7)cc56)nc4)nc3c2)ccn1. The molecular formula is C30H24F2N8. The number of fused-ring (bicyclic) bond motifs is 2. The van der Waals surface area contributed by atoms with Gasteiger partial charge >= 0.3 is 0 Å². The van der Waals surface area contributed by atoms with Crippen molar-refractivity contribution >= 4 is 50.5 Å². The van der Waals surface area contributed by atoms with Crippen LogP contribution in [0.1, 0.15) is 5.69 Å². The van der Waals surface area contributed by atoms with Crippen molar-refractivity contribution < 1.29 is 8.78 Å². The summed E-state index contributed by atoms with van der Waals surface area (Å²) in [5.41, 5.74) is 7.78. The van der Waals surface area contributed by atoms with Crippen LogP contribution in [0, 0.1) is 6.92 Å². The Balaban J connectivity index is 1.11. The minimum absolute atomic E-state index is 0.269. The molecule has 2 aromatic carbocycles. The molecule has 0 amide bonds. The minimum Gasteiger partial charge on any atom is -0.359 e. The van der Waals surface area contributed by atoms with Gasteiger partial charge in [-0.25, -0.2) is 18.7 Å². The van der Waals surface area contributed by atoms with E-state index in [-0.39, 0.29) is 13.1 Å². The van der Waals surface area contributed by atoms with Gasteiger partial charge in [0.1, 0.15) is 11.6 Å². The number of anilines is 5. The number of aromatic nitrogens is 5. The lowest BCUT2D eigenvalue weighted by atomic mass is 10.1. The normalized spacial score (nSPS) is 14.3. The van der Waals surface area contributed by atoms with E-state index in [9.17, 15) is 8.78 Å². The van der Waals surface area contributed by atoms with Crippen molar-refractivity contribution in [3.63, 3.8) is 0 Å². The summed E-state index contributed by atoms with van der Waals surface area (Å²) in [6.07, 6.45) is 5.25. The van der Waals surface area contributed by atoms with E-state index >= 15 is 0 Å². The number of hydrogen-bond acceptors (Lipinski definition) is 7. The lowest BCUT2D eigenvalue weighted by Gasteiger charge is -2.40. The van der Waals surface area contributed by atoms with Crippen LogP contribution in [0.3, 0.4) is 0 Å². The molecule has 0 atom stereocenters. The Bertz CT molecular complexity index is 1860. The van der Waals surface area contributed by atoms with Crippen LogP contribution in [0.15, 0.2) is 85.3 Å². The molecule has 1 aliphatic rings. The van der Waals surface area contributed by atoms with Crippen molar-refractivity contribution in [2.45, 2.75) is 12.8 Å². The van der Waals surface area contributed by atoms with E-state index in [2.05, 4.69) is 30.6 Å². The number of imidazole rings is 1. The van der Waals surface area contributed by atoms with Crippen LogP contribution < -0.4 is 15.5 Å². The lowest BCUT2D eigenvalue weighted by Crippen LogP contribution is -2.56. The van der Waals surface area contributed by atoms with Gasteiger partial charge in [0.15, 0.2) is 0 Å². The molecule has 10 heteroatoms. The lowest BCUT2D eigenvalue weighted by molar-refractivity contribution is -0.0262. The van der Waals surface area contributed by atoms with Crippen LogP contribution in [0.25, 0.3) is 33.3 Å². The van der Waals surface area contributed by atoms with E-state index in [1.165, 1.54) is 0 Å². The number of pyridine rings is 3. The van der Waals surface area contributed by atoms with Crippen molar-refractivity contribution in [1.82, 2.24) is 24.9 Å². The molecule has 0 bridgehead atoms. The van der Waals surface area contributed by atoms with E-state index in [0.717, 1.165) is 61.8 Å². The molecule has 0 radical (unpaired) electrons. The van der Waals surface area contributed by atoms with E-state index in [1.807, 2.05) is 73.7 Å². The third-order valence-electron chi connectivity index (χ3n) is 6.90. The van der Waals surface area contributed by atoms with Crippen LogP contribution in [-0.2, 0) is 0 Å². The number of aryl methyl sites for hydroxylation is 1. The van der Waals surface area contributed by atoms with Crippen molar-refractivity contribution in [2.75, 3.05) is 28.6 Å². The maximum absolute atomic E-state index is 13.4. The summed E-state index contributed by atoms with van der Waals surface area (Å²) >= 11 is 0. The van der Waals surface area contributed by atoms with Gasteiger partial charge in [0, 0.05) is 52.3 Å². The van der Waals surface area contributed by atoms with Crippen molar-refractivity contribution in [3.05, 3.63) is 91.0 Å². The fraction of sp³-hybridized carbons (Fsp3) is 0.133. The summed E-state index contributed by atoms with van der Waals surface area (Å²) in [5, 5.41) is 7.58. The maximum atomic E-state index is 13.4. The molecule has 1 saturated heterocycles. The number of halogens is 2. The molecule has 0 unspecified atom stereocenters. The highest BCUT2D eigenvalue weighted by atomic mass is 19.3. The summed E-state index contributed by atoms with van der Waals surface area (Å²) in [7, 11) is 0. The largest absolute Gasteiger partial charge is 0.359 e. The summed E-state index contributed by atoms with van der Waals surface area (Å²) in [4.78, 5) is 23.0. The van der Waals surface area contributed by atoms with Crippen LogP contribution in [0.2, 0.25) is 0 Å². The minimum atomic E-state index is -2.63. The predicted octanol–water partition coefficient (Wildman–Crippen LogP) is 6.82. The second-order valence-corrected chi connectivity index (χ2v) is 9.96. The number of H-pyrrole nitrogens is 1. The first-order chi connectivity index (χ1) is 19.4. The van der Waals surface area contributed by atoms with Crippen molar-refractivity contribution in [3.8, 4) is 11.4 Å². The molecule has 3 N–H and O–H groups in total. The molecule has 0 saturated carbocycles. The molecule has 0 aliphatic carbocycles. The van der Waals surface area contributed by atoms with Gasteiger partial charge in [-0.05, 0) is 73.7 Å². The summed E-state index contributed by atoms with van der Waals surface area (Å²) in [6.45, 7) is 1.42. The number of benzene rings is 2. The van der Waals surface area contributed by atoms with Gasteiger partial charge in [0.05, 0.1) is 35.3 Å². The first-order valence-corrected chi connectivity index (χ1v) is 12.8. The quantitative estimate of drug-likeness (QED) is 0.216. The molecule has 7 rings (SSSR count). The van der Waals surface area contributed by atoms with Crippen LogP contribution in [0.4, 0.5) is 37.3 Å². The number of nitrogens with one attached hydrogen (secondary N) is 3. The van der Waals surface area contributed by atoms with Gasteiger partial charge in [-0.3, -0.25) is 9.97 Å². The van der Waals surface area contributed by atoms with Gasteiger partial charge in [-0.1, -0.05) is 0 Å². The number of nitrogens with zero attached hydrogens (tertiary/aromatic N) is 5. The Kier molecular flexibility index (Phi) is 5.55. The number of hydrogen-bond donors (Lipinski definition) is 3. The van der Waals surface area contributed by atoms with Crippen molar-refractivity contribution in [2.24, 2.45) is 0 Å². The summed E-state index contributed by atoms with van der Waals surface area (Å²) in [6, 6.07) is 21.2. The van der Waals surface area contributed by atoms with Gasteiger partial charge in [0.25, 0.3) is 5.92 Å². The Morgan fingerprint density at radius 2 is 1.68 bits per heavy atom. The maximum Gasteiger partial charge on any atom is 0.282 e. The number of rotatable bonds is 6. The highest BCUT2D eigenvalue weighted by molar-refractivity contribution is 5.95. The molecule has 6 aromatic rings. The molecule has 4 aromatic heterocycles. The van der Waals surface area contributed by atoms with E-state index < -0.39 is 5.92 Å². The van der Waals surface area contributed by atoms with Gasteiger partial charge < -0.3 is 20.5 Å². The van der Waals surface area contributed by atoms with E-state index in [1.54, 1.807) is 23.5 Å². The molecule has 1 fully saturated rings. The Morgan fingerprint density at radius 1 is 0.825 bits per heavy atom. The van der Waals surface area contributed by atoms with Crippen LogP contribution >= 0.6 is 0 Å². The van der Waals surface area contributed by atoms with E-state index in [0.29, 0.717) is 5.82 Å². The first-order valence-electron chi connectivity index (χ1n) is 12.8. The first kappa shape index (κ1) is 24.0. The predicted molar refractivity (Wildman–Crippen MR) is 154 cm³/mol. The molecule has 198 valence electrons. The topological polar surface area (TPSA) is 94.7 Å². The van der Waals surface area contributed by atoms with Crippen molar-refractivity contribution in [1.29, 1.82) is 0 Å². The third kappa shape index (κ3) is 4.64. The molecule has 0 spiro atoms.